The molecule has 0 saturated carbocycles. The molecule has 1 aliphatic heterocycles. The van der Waals surface area contributed by atoms with Gasteiger partial charge in [0.25, 0.3) is 11.1 Å². The molecule has 0 bridgehead atoms. The van der Waals surface area contributed by atoms with Gasteiger partial charge in [0.05, 0.1) is 11.5 Å². The zero-order valence-electron chi connectivity index (χ0n) is 21.3. The van der Waals surface area contributed by atoms with Crippen molar-refractivity contribution < 1.29 is 23.9 Å². The van der Waals surface area contributed by atoms with E-state index in [-0.39, 0.29) is 11.4 Å². The third kappa shape index (κ3) is 7.40. The van der Waals surface area contributed by atoms with Gasteiger partial charge >= 0.3 is 0 Å². The van der Waals surface area contributed by atoms with E-state index in [0.717, 1.165) is 32.3 Å². The number of ether oxygens (including phenoxy) is 2. The molecule has 0 spiro atoms. The van der Waals surface area contributed by atoms with E-state index in [1.54, 1.807) is 42.5 Å². The van der Waals surface area contributed by atoms with Gasteiger partial charge in [0.15, 0.2) is 11.5 Å². The van der Waals surface area contributed by atoms with Crippen LogP contribution in [0.25, 0.3) is 6.08 Å². The van der Waals surface area contributed by atoms with Gasteiger partial charge in [-0.2, -0.15) is 0 Å². The van der Waals surface area contributed by atoms with Crippen LogP contribution in [0.3, 0.4) is 0 Å². The number of carbonyl (C=O) groups excluding carboxylic acids is 3. The van der Waals surface area contributed by atoms with Crippen LogP contribution < -0.4 is 14.8 Å². The smallest absolute Gasteiger partial charge is 0.294 e. The predicted octanol–water partition coefficient (Wildman–Crippen LogP) is 6.83. The van der Waals surface area contributed by atoms with Gasteiger partial charge in [-0.05, 0) is 78.7 Å². The van der Waals surface area contributed by atoms with E-state index < -0.39 is 17.1 Å². The van der Waals surface area contributed by atoms with Crippen LogP contribution in [-0.2, 0) is 22.6 Å². The number of hydrogen-bond acceptors (Lipinski definition) is 6. The lowest BCUT2D eigenvalue weighted by Crippen LogP contribution is -2.36. The first kappa shape index (κ1) is 28.2. The van der Waals surface area contributed by atoms with E-state index in [0.29, 0.717) is 42.4 Å². The normalized spacial score (nSPS) is 14.0. The van der Waals surface area contributed by atoms with Gasteiger partial charge in [-0.3, -0.25) is 19.3 Å². The lowest BCUT2D eigenvalue weighted by Gasteiger charge is -2.17. The number of carbonyl (C=O) groups is 3. The Morgan fingerprint density at radius 3 is 2.51 bits per heavy atom. The summed E-state index contributed by atoms with van der Waals surface area (Å²) in [4.78, 5) is 39.2. The first-order valence-corrected chi connectivity index (χ1v) is 13.9. The highest BCUT2D eigenvalue weighted by Gasteiger charge is 2.36. The molecule has 0 unspecified atom stereocenters. The Labute approximate surface area is 240 Å². The molecule has 3 aromatic carbocycles. The molecule has 0 aromatic heterocycles. The second kappa shape index (κ2) is 13.3. The van der Waals surface area contributed by atoms with Crippen LogP contribution in [0, 0.1) is 0 Å². The summed E-state index contributed by atoms with van der Waals surface area (Å²) in [5.41, 5.74) is 3.09. The van der Waals surface area contributed by atoms with Crippen molar-refractivity contribution in [3.8, 4) is 11.5 Å². The van der Waals surface area contributed by atoms with Gasteiger partial charge in [0.2, 0.25) is 5.91 Å². The summed E-state index contributed by atoms with van der Waals surface area (Å²) in [5, 5.41) is 2.19. The molecule has 1 fully saturated rings. The van der Waals surface area contributed by atoms with E-state index in [4.69, 9.17) is 9.47 Å². The fraction of sp³-hybridized carbons (Fsp3) is 0.167. The molecule has 0 atom stereocenters. The van der Waals surface area contributed by atoms with Crippen LogP contribution in [0.5, 0.6) is 11.5 Å². The van der Waals surface area contributed by atoms with E-state index in [2.05, 4.69) is 27.8 Å². The standard InChI is InChI=1S/C30H27BrN2O5S/c1-3-8-22-15-21(16-25(37-4-2)28(22)38-19-20-11-13-23(31)14-12-20)17-26-29(35)33(30(36)39-26)18-27(34)32-24-9-6-5-7-10-24/h3,5-7,9-17H,1,4,8,18-19H2,2H3,(H,32,34)/b26-17-. The van der Waals surface area contributed by atoms with Crippen molar-refractivity contribution in [2.24, 2.45) is 0 Å². The number of hydrogen-bond donors (Lipinski definition) is 1. The maximum Gasteiger partial charge on any atom is 0.294 e. The summed E-state index contributed by atoms with van der Waals surface area (Å²) in [5.74, 6) is 0.153. The maximum atomic E-state index is 13.0. The average molecular weight is 608 g/mol. The number of benzene rings is 3. The Morgan fingerprint density at radius 2 is 1.82 bits per heavy atom. The van der Waals surface area contributed by atoms with Crippen molar-refractivity contribution in [2.75, 3.05) is 18.5 Å². The zero-order valence-corrected chi connectivity index (χ0v) is 23.7. The Morgan fingerprint density at radius 1 is 1.08 bits per heavy atom. The summed E-state index contributed by atoms with van der Waals surface area (Å²) in [6.45, 7) is 6.13. The van der Waals surface area contributed by atoms with Crippen LogP contribution >= 0.6 is 27.7 Å². The molecule has 200 valence electrons. The molecule has 9 heteroatoms. The van der Waals surface area contributed by atoms with Crippen molar-refractivity contribution in [2.45, 2.75) is 20.0 Å². The lowest BCUT2D eigenvalue weighted by molar-refractivity contribution is -0.127. The number of amides is 3. The fourth-order valence-electron chi connectivity index (χ4n) is 3.89. The minimum Gasteiger partial charge on any atom is -0.490 e. The van der Waals surface area contributed by atoms with Crippen LogP contribution in [0.4, 0.5) is 10.5 Å². The van der Waals surface area contributed by atoms with Crippen LogP contribution in [0.1, 0.15) is 23.6 Å². The number of thioether (sulfide) groups is 1. The molecule has 1 saturated heterocycles. The highest BCUT2D eigenvalue weighted by molar-refractivity contribution is 9.10. The first-order valence-electron chi connectivity index (χ1n) is 12.3. The molecule has 39 heavy (non-hydrogen) atoms. The second-order valence-electron chi connectivity index (χ2n) is 8.53. The molecule has 7 nitrogen and oxygen atoms in total. The topological polar surface area (TPSA) is 84.9 Å². The van der Waals surface area contributed by atoms with Gasteiger partial charge in [-0.15, -0.1) is 6.58 Å². The number of para-hydroxylation sites is 1. The van der Waals surface area contributed by atoms with Crippen molar-refractivity contribution in [1.82, 2.24) is 4.90 Å². The second-order valence-corrected chi connectivity index (χ2v) is 10.4. The van der Waals surface area contributed by atoms with Crippen molar-refractivity contribution in [1.29, 1.82) is 0 Å². The summed E-state index contributed by atoms with van der Waals surface area (Å²) >= 11 is 4.24. The quantitative estimate of drug-likeness (QED) is 0.190. The molecule has 1 aliphatic rings. The summed E-state index contributed by atoms with van der Waals surface area (Å²) in [6.07, 6.45) is 3.91. The number of imide groups is 1. The van der Waals surface area contributed by atoms with Crippen LogP contribution in [0.2, 0.25) is 0 Å². The Hall–Kier alpha value is -3.82. The van der Waals surface area contributed by atoms with Gasteiger partial charge < -0.3 is 14.8 Å². The number of halogens is 1. The monoisotopic (exact) mass is 606 g/mol. The fourth-order valence-corrected chi connectivity index (χ4v) is 4.99. The number of anilines is 1. The number of allylic oxidation sites excluding steroid dienone is 1. The van der Waals surface area contributed by atoms with Gasteiger partial charge in [-0.1, -0.05) is 52.3 Å². The molecule has 3 aromatic rings. The zero-order chi connectivity index (χ0) is 27.8. The van der Waals surface area contributed by atoms with E-state index >= 15 is 0 Å². The highest BCUT2D eigenvalue weighted by Crippen LogP contribution is 2.38. The van der Waals surface area contributed by atoms with Crippen LogP contribution in [-0.4, -0.2) is 35.1 Å². The Kier molecular flexibility index (Phi) is 9.62. The molecule has 0 radical (unpaired) electrons. The number of nitrogens with zero attached hydrogens (tertiary/aromatic N) is 1. The molecule has 4 rings (SSSR count). The molecule has 1 heterocycles. The molecular formula is C30H27BrN2O5S. The van der Waals surface area contributed by atoms with Crippen molar-refractivity contribution >= 4 is 56.5 Å². The van der Waals surface area contributed by atoms with E-state index in [9.17, 15) is 14.4 Å². The van der Waals surface area contributed by atoms with Crippen LogP contribution in [0.15, 0.2) is 88.8 Å². The molecule has 1 N–H and O–H groups in total. The summed E-state index contributed by atoms with van der Waals surface area (Å²) in [7, 11) is 0. The SMILES string of the molecule is C=CCc1cc(/C=C2\SC(=O)N(CC(=O)Nc3ccccc3)C2=O)cc(OCC)c1OCc1ccc(Br)cc1. The largest absolute Gasteiger partial charge is 0.490 e. The number of nitrogens with one attached hydrogen (secondary N) is 1. The van der Waals surface area contributed by atoms with Crippen molar-refractivity contribution in [3.63, 3.8) is 0 Å². The summed E-state index contributed by atoms with van der Waals surface area (Å²) in [6, 6.07) is 20.4. The number of rotatable bonds is 11. The Bertz CT molecular complexity index is 1410. The minimum atomic E-state index is -0.521. The van der Waals surface area contributed by atoms with E-state index in [1.165, 1.54) is 0 Å². The molecular weight excluding hydrogens is 580 g/mol. The van der Waals surface area contributed by atoms with Gasteiger partial charge in [0, 0.05) is 15.7 Å². The maximum absolute atomic E-state index is 13.0. The van der Waals surface area contributed by atoms with Gasteiger partial charge in [-0.25, -0.2) is 0 Å². The minimum absolute atomic E-state index is 0.225. The Balaban J connectivity index is 1.55. The first-order chi connectivity index (χ1) is 18.9. The highest BCUT2D eigenvalue weighted by atomic mass is 79.9. The predicted molar refractivity (Wildman–Crippen MR) is 158 cm³/mol. The molecule has 3 amide bonds. The third-order valence-corrected chi connectivity index (χ3v) is 7.08. The molecule has 0 aliphatic carbocycles. The van der Waals surface area contributed by atoms with Crippen molar-refractivity contribution in [3.05, 3.63) is 105 Å². The third-order valence-electron chi connectivity index (χ3n) is 5.65. The average Bonchev–Trinajstić information content (AvgIpc) is 3.17. The summed E-state index contributed by atoms with van der Waals surface area (Å²) < 4.78 is 13.1. The van der Waals surface area contributed by atoms with Gasteiger partial charge in [0.1, 0.15) is 13.2 Å². The van der Waals surface area contributed by atoms with E-state index in [1.807, 2.05) is 43.3 Å². The lowest BCUT2D eigenvalue weighted by atomic mass is 10.0.